The Kier molecular flexibility index (Phi) is 14.4. The fourth-order valence-corrected chi connectivity index (χ4v) is 13.2. The van der Waals surface area contributed by atoms with Gasteiger partial charge in [0.15, 0.2) is 0 Å². The number of rotatable bonds is 11. The molecule has 0 aromatic heterocycles. The first-order valence-corrected chi connectivity index (χ1v) is 28.8. The smallest absolute Gasteiger partial charge is 0.0358 e. The minimum Gasteiger partial charge on any atom is -0.115 e. The van der Waals surface area contributed by atoms with E-state index in [1.165, 1.54) is 100 Å². The molecule has 1 radical (unpaired) electrons. The van der Waals surface area contributed by atoms with Gasteiger partial charge in [-0.3, -0.25) is 0 Å². The Balaban J connectivity index is 1.23. The summed E-state index contributed by atoms with van der Waals surface area (Å²) in [6.07, 6.45) is 16.3. The Morgan fingerprint density at radius 2 is 1.17 bits per heavy atom. The van der Waals surface area contributed by atoms with Crippen molar-refractivity contribution in [3.63, 3.8) is 0 Å². The first-order chi connectivity index (χ1) is 37.0. The van der Waals surface area contributed by atoms with Gasteiger partial charge in [0.2, 0.25) is 0 Å². The second-order valence-corrected chi connectivity index (χ2v) is 27.2. The molecule has 1 fully saturated rings. The predicted molar refractivity (Wildman–Crippen MR) is 338 cm³/mol. The number of fused-ring (bicyclic) bond motifs is 4. The molecule has 0 saturated heterocycles. The lowest BCUT2D eigenvalue weighted by Gasteiger charge is -2.34. The molecule has 0 heteroatoms. The van der Waals surface area contributed by atoms with Crippen molar-refractivity contribution in [3.8, 4) is 34.6 Å². The third kappa shape index (κ3) is 10.4. The van der Waals surface area contributed by atoms with Crippen molar-refractivity contribution in [2.24, 2.45) is 23.7 Å². The van der Waals surface area contributed by atoms with Crippen molar-refractivity contribution in [1.29, 1.82) is 0 Å². The molecular formula is C78H83. The zero-order chi connectivity index (χ0) is 55.6. The molecule has 7 aromatic carbocycles. The average molecular weight is 1020 g/mol. The molecule has 1 saturated carbocycles. The normalized spacial score (nSPS) is 18.4. The molecule has 0 nitrogen and oxygen atoms in total. The van der Waals surface area contributed by atoms with Gasteiger partial charge >= 0.3 is 0 Å². The third-order valence-corrected chi connectivity index (χ3v) is 17.5. The lowest BCUT2D eigenvalue weighted by molar-refractivity contribution is 0.567. The van der Waals surface area contributed by atoms with Crippen LogP contribution in [0.15, 0.2) is 176 Å². The summed E-state index contributed by atoms with van der Waals surface area (Å²) in [5.74, 6) is 4.81. The van der Waals surface area contributed by atoms with E-state index in [4.69, 9.17) is 13.3 Å². The summed E-state index contributed by atoms with van der Waals surface area (Å²) in [5, 5.41) is 0. The SMILES string of the molecule is C#Cc1c(/C(C=C)=C/CC2Cc3c(C4=CC(c5ccccc5)=C(c5ccccc5)C5C4C5C([CH2])C)cc(C(C)(C)C)cc3-c3cccc(Cc4ccc(C(C)(C)C)cc4-c4ccccc4)c32)cc(C(C)(C)C)cc1C(C)(C)C. The van der Waals surface area contributed by atoms with Crippen LogP contribution in [0, 0.1) is 42.9 Å². The highest BCUT2D eigenvalue weighted by Gasteiger charge is 2.58. The fraction of sp³-hybridized carbons (Fsp3) is 0.321. The maximum absolute atomic E-state index is 6.57. The van der Waals surface area contributed by atoms with E-state index < -0.39 is 0 Å². The zero-order valence-electron chi connectivity index (χ0n) is 49.2. The first kappa shape index (κ1) is 54.4. The van der Waals surface area contributed by atoms with E-state index in [2.05, 4.69) is 272 Å². The van der Waals surface area contributed by atoms with Crippen LogP contribution < -0.4 is 0 Å². The highest BCUT2D eigenvalue weighted by molar-refractivity contribution is 6.06. The van der Waals surface area contributed by atoms with Crippen molar-refractivity contribution in [1.82, 2.24) is 0 Å². The summed E-state index contributed by atoms with van der Waals surface area (Å²) < 4.78 is 0. The van der Waals surface area contributed by atoms with Crippen molar-refractivity contribution < 1.29 is 0 Å². The number of allylic oxidation sites excluding steroid dienone is 7. The molecule has 395 valence electrons. The summed E-state index contributed by atoms with van der Waals surface area (Å²) in [4.78, 5) is 0. The molecule has 3 aliphatic carbocycles. The number of hydrogen-bond donors (Lipinski definition) is 0. The summed E-state index contributed by atoms with van der Waals surface area (Å²) >= 11 is 0. The quantitative estimate of drug-likeness (QED) is 0.0895. The van der Waals surface area contributed by atoms with Crippen molar-refractivity contribution >= 4 is 22.3 Å². The molecule has 5 unspecified atom stereocenters. The van der Waals surface area contributed by atoms with Crippen molar-refractivity contribution in [2.45, 2.75) is 137 Å². The Morgan fingerprint density at radius 1 is 0.590 bits per heavy atom. The van der Waals surface area contributed by atoms with Crippen LogP contribution in [0.1, 0.15) is 175 Å². The van der Waals surface area contributed by atoms with E-state index in [0.717, 1.165) is 36.0 Å². The monoisotopic (exact) mass is 1020 g/mol. The van der Waals surface area contributed by atoms with Gasteiger partial charge in [0, 0.05) is 5.56 Å². The largest absolute Gasteiger partial charge is 0.115 e. The molecule has 0 aliphatic heterocycles. The van der Waals surface area contributed by atoms with Crippen LogP contribution >= 0.6 is 0 Å². The van der Waals surface area contributed by atoms with Gasteiger partial charge in [0.05, 0.1) is 0 Å². The van der Waals surface area contributed by atoms with Crippen LogP contribution in [-0.2, 0) is 34.5 Å². The van der Waals surface area contributed by atoms with Gasteiger partial charge in [-0.2, -0.15) is 0 Å². The third-order valence-electron chi connectivity index (χ3n) is 17.5. The van der Waals surface area contributed by atoms with E-state index in [0.29, 0.717) is 17.8 Å². The summed E-state index contributed by atoms with van der Waals surface area (Å²) in [5.41, 5.74) is 27.3. The van der Waals surface area contributed by atoms with E-state index in [1.807, 2.05) is 0 Å². The summed E-state index contributed by atoms with van der Waals surface area (Å²) in [6, 6.07) is 57.7. The standard InChI is InChI=1S/C78H83/c1-17-50(63-44-59(77(11,12)13)47-69(60(63)18-2)78(14,15)16)37-38-56-42-65-66(61-36-28-35-55(71(56)61)41-54-39-40-57(75(5,6)7)43-62(54)51-29-22-19-23-30-51)45-58(76(8,9)10)46-67(65)68-48-64(52-31-24-20-25-32-52)72(53-33-26-21-27-34-53)74-70(49(3)4)73(68)74/h2,17,19-37,39-40,43-49,56,70,73-74H,1,3,38,41-42H2,4-16H3/b50-37+. The number of benzene rings is 7. The molecule has 0 N–H and O–H groups in total. The molecule has 7 aromatic rings. The molecule has 0 amide bonds. The van der Waals surface area contributed by atoms with Gasteiger partial charge in [-0.15, -0.1) is 6.42 Å². The second-order valence-electron chi connectivity index (χ2n) is 27.2. The highest BCUT2D eigenvalue weighted by Crippen LogP contribution is 2.67. The summed E-state index contributed by atoms with van der Waals surface area (Å²) in [7, 11) is 0. The van der Waals surface area contributed by atoms with Gasteiger partial charge in [-0.25, -0.2) is 0 Å². The van der Waals surface area contributed by atoms with Crippen LogP contribution in [0.4, 0.5) is 0 Å². The minimum absolute atomic E-state index is 0.0144. The maximum Gasteiger partial charge on any atom is 0.0358 e. The van der Waals surface area contributed by atoms with Gasteiger partial charge in [0.1, 0.15) is 0 Å². The van der Waals surface area contributed by atoms with E-state index in [9.17, 15) is 0 Å². The molecule has 10 rings (SSSR count). The molecule has 0 heterocycles. The molecule has 0 spiro atoms. The van der Waals surface area contributed by atoms with E-state index in [-0.39, 0.29) is 33.5 Å². The van der Waals surface area contributed by atoms with Gasteiger partial charge in [-0.1, -0.05) is 267 Å². The fourth-order valence-electron chi connectivity index (χ4n) is 13.2. The Hall–Kier alpha value is -6.94. The average Bonchev–Trinajstić information content (AvgIpc) is 4.13. The topological polar surface area (TPSA) is 0 Å². The maximum atomic E-state index is 6.57. The lowest BCUT2D eigenvalue weighted by atomic mass is 9.69. The van der Waals surface area contributed by atoms with E-state index in [1.54, 1.807) is 0 Å². The Morgan fingerprint density at radius 3 is 1.74 bits per heavy atom. The zero-order valence-corrected chi connectivity index (χ0v) is 49.2. The van der Waals surface area contributed by atoms with Crippen LogP contribution in [-0.4, -0.2) is 0 Å². The van der Waals surface area contributed by atoms with Crippen molar-refractivity contribution in [3.05, 3.63) is 256 Å². The molecule has 0 bridgehead atoms. The predicted octanol–water partition coefficient (Wildman–Crippen LogP) is 20.4. The number of hydrogen-bond acceptors (Lipinski definition) is 0. The highest BCUT2D eigenvalue weighted by atomic mass is 14.6. The first-order valence-electron chi connectivity index (χ1n) is 28.8. The number of terminal acetylenes is 1. The van der Waals surface area contributed by atoms with Gasteiger partial charge in [-0.05, 0) is 194 Å². The molecule has 3 aliphatic rings. The van der Waals surface area contributed by atoms with Crippen LogP contribution in [0.2, 0.25) is 0 Å². The molecular weight excluding hydrogens is 937 g/mol. The Labute approximate surface area is 470 Å². The van der Waals surface area contributed by atoms with Crippen molar-refractivity contribution in [2.75, 3.05) is 0 Å². The van der Waals surface area contributed by atoms with Gasteiger partial charge < -0.3 is 0 Å². The summed E-state index contributed by atoms with van der Waals surface area (Å²) in [6.45, 7) is 39.5. The van der Waals surface area contributed by atoms with E-state index >= 15 is 0 Å². The lowest BCUT2D eigenvalue weighted by Crippen LogP contribution is -2.20. The molecule has 5 atom stereocenters. The van der Waals surface area contributed by atoms with Crippen LogP contribution in [0.25, 0.3) is 44.5 Å². The minimum atomic E-state index is -0.145. The Bertz CT molecular complexity index is 3550. The van der Waals surface area contributed by atoms with Crippen LogP contribution in [0.5, 0.6) is 0 Å². The second kappa shape index (κ2) is 20.7. The van der Waals surface area contributed by atoms with Gasteiger partial charge in [0.25, 0.3) is 0 Å². The molecule has 78 heavy (non-hydrogen) atoms. The van der Waals surface area contributed by atoms with Crippen LogP contribution in [0.3, 0.4) is 0 Å².